The number of hydrogen-bond donors (Lipinski definition) is 1. The van der Waals surface area contributed by atoms with Gasteiger partial charge in [-0.15, -0.1) is 30.0 Å². The van der Waals surface area contributed by atoms with Crippen molar-refractivity contribution < 1.29 is 10.6 Å². The third kappa shape index (κ3) is 4.52. The molecule has 166 valence electrons. The van der Waals surface area contributed by atoms with Crippen LogP contribution in [0.2, 0.25) is 0 Å². The van der Waals surface area contributed by atoms with E-state index in [0.29, 0.717) is 17.2 Å². The van der Waals surface area contributed by atoms with Crippen LogP contribution in [0.4, 0.5) is 0 Å². The minimum atomic E-state index is -1.04. The number of aromatic nitrogens is 8. The summed E-state index contributed by atoms with van der Waals surface area (Å²) in [5, 5.41) is 37.0. The van der Waals surface area contributed by atoms with E-state index in [-0.39, 0.29) is 5.48 Å². The molecule has 10 nitrogen and oxygen atoms in total. The average molecular weight is 442 g/mol. The van der Waals surface area contributed by atoms with Crippen LogP contribution in [0.25, 0.3) is 22.8 Å². The first kappa shape index (κ1) is 21.9. The molecule has 0 amide bonds. The van der Waals surface area contributed by atoms with E-state index in [2.05, 4.69) is 30.8 Å². The van der Waals surface area contributed by atoms with Gasteiger partial charge in [-0.3, -0.25) is 0 Å². The number of hydrogen-bond acceptors (Lipinski definition) is 7. The van der Waals surface area contributed by atoms with Crippen molar-refractivity contribution in [3.63, 3.8) is 0 Å². The Balaban J connectivity index is 0.00000259. The number of rotatable bonds is 6. The highest BCUT2D eigenvalue weighted by atomic mass is 16.3. The zero-order valence-electron chi connectivity index (χ0n) is 17.8. The van der Waals surface area contributed by atoms with Crippen molar-refractivity contribution in [2.75, 3.05) is 0 Å². The van der Waals surface area contributed by atoms with E-state index in [9.17, 15) is 5.11 Å². The molecule has 10 heteroatoms. The van der Waals surface area contributed by atoms with Crippen LogP contribution < -0.4 is 0 Å². The van der Waals surface area contributed by atoms with Gasteiger partial charge in [0.2, 0.25) is 17.8 Å². The predicted molar refractivity (Wildman–Crippen MR) is 121 cm³/mol. The molecule has 0 saturated carbocycles. The number of nitrogens with zero attached hydrogens (tertiary/aromatic N) is 8. The molecule has 3 N–H and O–H groups in total. The van der Waals surface area contributed by atoms with Gasteiger partial charge in [-0.05, 0) is 22.9 Å². The van der Waals surface area contributed by atoms with E-state index in [1.54, 1.807) is 0 Å². The van der Waals surface area contributed by atoms with Crippen LogP contribution in [0.3, 0.4) is 0 Å². The smallest absolute Gasteiger partial charge is 0.215 e. The van der Waals surface area contributed by atoms with Crippen molar-refractivity contribution in [3.05, 3.63) is 96.1 Å². The number of aliphatic hydroxyl groups excluding tert-OH is 1. The minimum Gasteiger partial charge on any atom is -0.412 e. The van der Waals surface area contributed by atoms with Gasteiger partial charge in [-0.2, -0.15) is 0 Å². The quantitative estimate of drug-likeness (QED) is 0.425. The third-order valence-corrected chi connectivity index (χ3v) is 5.09. The number of aryl methyl sites for hydroxylation is 1. The lowest BCUT2D eigenvalue weighted by molar-refractivity contribution is 0.0633. The van der Waals surface area contributed by atoms with Gasteiger partial charge in [0.05, 0.1) is 0 Å². The molecular formula is C23H22N8O2. The average Bonchev–Trinajstić information content (AvgIpc) is 3.52. The summed E-state index contributed by atoms with van der Waals surface area (Å²) in [5.41, 5.74) is 3.41. The molecule has 5 rings (SSSR count). The Hall–Kier alpha value is -4.28. The zero-order valence-corrected chi connectivity index (χ0v) is 17.8. The Bertz CT molecular complexity index is 1230. The predicted octanol–water partition coefficient (Wildman–Crippen LogP) is 2.26. The molecule has 2 heterocycles. The minimum absolute atomic E-state index is 0. The maximum Gasteiger partial charge on any atom is 0.215 e. The van der Waals surface area contributed by atoms with Gasteiger partial charge in [0.25, 0.3) is 0 Å². The second-order valence-electron chi connectivity index (χ2n) is 7.37. The second-order valence-corrected chi connectivity index (χ2v) is 7.37. The lowest BCUT2D eigenvalue weighted by Gasteiger charge is -2.20. The fraction of sp³-hybridized carbons (Fsp3) is 0.130. The summed E-state index contributed by atoms with van der Waals surface area (Å²) in [4.78, 5) is 2.65. The van der Waals surface area contributed by atoms with E-state index in [0.717, 1.165) is 16.7 Å². The summed E-state index contributed by atoms with van der Waals surface area (Å²) in [5.74, 6) is 0.880. The molecule has 3 aromatic carbocycles. The summed E-state index contributed by atoms with van der Waals surface area (Å²) in [6.45, 7) is 1.99. The van der Waals surface area contributed by atoms with Crippen molar-refractivity contribution in [3.8, 4) is 22.8 Å². The second kappa shape index (κ2) is 9.47. The maximum atomic E-state index is 11.3. The molecule has 2 aromatic heterocycles. The fourth-order valence-electron chi connectivity index (χ4n) is 3.36. The van der Waals surface area contributed by atoms with Crippen LogP contribution in [0, 0.1) is 6.92 Å². The molecule has 0 radical (unpaired) electrons. The molecule has 0 aliphatic rings. The van der Waals surface area contributed by atoms with E-state index in [4.69, 9.17) is 0 Å². The molecule has 0 spiro atoms. The molecule has 0 bridgehead atoms. The first-order chi connectivity index (χ1) is 15.7. The summed E-state index contributed by atoms with van der Waals surface area (Å²) < 4.78 is 0. The summed E-state index contributed by atoms with van der Waals surface area (Å²) >= 11 is 0. The maximum absolute atomic E-state index is 11.3. The molecule has 0 fully saturated rings. The van der Waals surface area contributed by atoms with Crippen molar-refractivity contribution in [2.45, 2.75) is 19.2 Å². The van der Waals surface area contributed by atoms with Crippen LogP contribution in [-0.2, 0) is 0 Å². The van der Waals surface area contributed by atoms with Crippen LogP contribution >= 0.6 is 0 Å². The molecule has 0 saturated heterocycles. The highest BCUT2D eigenvalue weighted by molar-refractivity contribution is 5.53. The van der Waals surface area contributed by atoms with Gasteiger partial charge >= 0.3 is 0 Å². The Kier molecular flexibility index (Phi) is 6.29. The summed E-state index contributed by atoms with van der Waals surface area (Å²) in [7, 11) is 0. The lowest BCUT2D eigenvalue weighted by atomic mass is 10.1. The first-order valence-electron chi connectivity index (χ1n) is 10.1. The van der Waals surface area contributed by atoms with E-state index < -0.39 is 12.3 Å². The van der Waals surface area contributed by atoms with Crippen LogP contribution in [-0.4, -0.2) is 51.0 Å². The van der Waals surface area contributed by atoms with Gasteiger partial charge < -0.3 is 10.6 Å². The third-order valence-electron chi connectivity index (χ3n) is 5.09. The van der Waals surface area contributed by atoms with E-state index in [1.807, 2.05) is 91.9 Å². The SMILES string of the molecule is Cc1ccc(C(O)C(n2nnc(-c3ccccc3)n2)n2nnc(-c3ccccc3)n2)cc1.O. The Morgan fingerprint density at radius 3 is 1.58 bits per heavy atom. The van der Waals surface area contributed by atoms with Crippen molar-refractivity contribution in [1.29, 1.82) is 0 Å². The monoisotopic (exact) mass is 442 g/mol. The van der Waals surface area contributed by atoms with Crippen LogP contribution in [0.1, 0.15) is 23.4 Å². The molecule has 0 aliphatic heterocycles. The van der Waals surface area contributed by atoms with Gasteiger partial charge in [0.15, 0.2) is 0 Å². The Labute approximate surface area is 189 Å². The van der Waals surface area contributed by atoms with Crippen LogP contribution in [0.5, 0.6) is 0 Å². The van der Waals surface area contributed by atoms with Gasteiger partial charge in [0.1, 0.15) is 6.10 Å². The Morgan fingerprint density at radius 2 is 1.12 bits per heavy atom. The standard InChI is InChI=1S/C23H20N8O.H2O/c1-16-12-14-17(15-13-16)20(32)23(30-26-21(24-28-30)18-8-4-2-5-9-18)31-27-22(25-29-31)19-10-6-3-7-11-19;/h2-15,20,23,32H,1H3;1H2. The molecule has 1 unspecified atom stereocenters. The van der Waals surface area contributed by atoms with Crippen LogP contribution in [0.15, 0.2) is 84.9 Å². The highest BCUT2D eigenvalue weighted by Crippen LogP contribution is 2.27. The summed E-state index contributed by atoms with van der Waals surface area (Å²) in [6, 6.07) is 26.6. The van der Waals surface area contributed by atoms with E-state index in [1.165, 1.54) is 9.59 Å². The lowest BCUT2D eigenvalue weighted by Crippen LogP contribution is -2.29. The Morgan fingerprint density at radius 1 is 0.667 bits per heavy atom. The molecule has 33 heavy (non-hydrogen) atoms. The van der Waals surface area contributed by atoms with Gasteiger partial charge in [-0.25, -0.2) is 0 Å². The number of benzene rings is 3. The number of aliphatic hydroxyl groups is 1. The largest absolute Gasteiger partial charge is 0.412 e. The highest BCUT2D eigenvalue weighted by Gasteiger charge is 2.30. The van der Waals surface area contributed by atoms with Crippen molar-refractivity contribution in [1.82, 2.24) is 40.4 Å². The van der Waals surface area contributed by atoms with Gasteiger partial charge in [-0.1, -0.05) is 90.5 Å². The summed E-state index contributed by atoms with van der Waals surface area (Å²) in [6.07, 6.45) is -1.92. The van der Waals surface area contributed by atoms with Crippen molar-refractivity contribution in [2.24, 2.45) is 0 Å². The molecule has 5 aromatic rings. The zero-order chi connectivity index (χ0) is 21.9. The number of tetrazole rings is 2. The van der Waals surface area contributed by atoms with Gasteiger partial charge in [0, 0.05) is 11.1 Å². The molecule has 1 atom stereocenters. The van der Waals surface area contributed by atoms with Crippen molar-refractivity contribution >= 4 is 0 Å². The topological polar surface area (TPSA) is 139 Å². The molecular weight excluding hydrogens is 420 g/mol. The van der Waals surface area contributed by atoms with E-state index >= 15 is 0 Å². The fourth-order valence-corrected chi connectivity index (χ4v) is 3.36. The normalized spacial score (nSPS) is 11.8. The molecule has 0 aliphatic carbocycles. The first-order valence-corrected chi connectivity index (χ1v) is 10.1.